The molecule has 0 saturated carbocycles. The van der Waals surface area contributed by atoms with Crippen LogP contribution in [0.3, 0.4) is 0 Å². The number of morpholine rings is 1. The van der Waals surface area contributed by atoms with E-state index in [1.54, 1.807) is 24.4 Å². The zero-order valence-corrected chi connectivity index (χ0v) is 16.7. The van der Waals surface area contributed by atoms with E-state index in [0.29, 0.717) is 37.8 Å². The van der Waals surface area contributed by atoms with E-state index in [0.717, 1.165) is 22.6 Å². The Labute approximate surface area is 160 Å². The number of ether oxygens (including phenoxy) is 1. The zero-order chi connectivity index (χ0) is 19.4. The Morgan fingerprint density at radius 1 is 1.22 bits per heavy atom. The molecule has 0 unspecified atom stereocenters. The molecular formula is C19H25N3O4S. The predicted molar refractivity (Wildman–Crippen MR) is 104 cm³/mol. The van der Waals surface area contributed by atoms with Crippen LogP contribution >= 0.6 is 0 Å². The Kier molecular flexibility index (Phi) is 5.98. The number of benzene rings is 1. The van der Waals surface area contributed by atoms with Crippen LogP contribution in [-0.2, 0) is 19.6 Å². The molecule has 0 radical (unpaired) electrons. The minimum absolute atomic E-state index is 0.291. The van der Waals surface area contributed by atoms with Crippen molar-refractivity contribution in [3.8, 4) is 5.69 Å². The minimum atomic E-state index is -3.54. The first kappa shape index (κ1) is 19.6. The molecule has 0 N–H and O–H groups in total. The first-order valence-electron chi connectivity index (χ1n) is 8.97. The van der Waals surface area contributed by atoms with Crippen molar-refractivity contribution in [2.24, 2.45) is 5.16 Å². The van der Waals surface area contributed by atoms with Crippen molar-refractivity contribution in [1.82, 2.24) is 8.87 Å². The van der Waals surface area contributed by atoms with Crippen molar-refractivity contribution in [3.63, 3.8) is 0 Å². The molecule has 1 fully saturated rings. The second kappa shape index (κ2) is 8.24. The van der Waals surface area contributed by atoms with Crippen LogP contribution < -0.4 is 0 Å². The van der Waals surface area contributed by atoms with E-state index in [1.807, 2.05) is 37.5 Å². The number of hydrogen-bond acceptors (Lipinski definition) is 5. The Morgan fingerprint density at radius 2 is 1.96 bits per heavy atom. The highest BCUT2D eigenvalue weighted by atomic mass is 32.2. The monoisotopic (exact) mass is 391 g/mol. The van der Waals surface area contributed by atoms with Gasteiger partial charge in [-0.1, -0.05) is 11.2 Å². The molecular weight excluding hydrogens is 366 g/mol. The fourth-order valence-corrected chi connectivity index (χ4v) is 4.65. The van der Waals surface area contributed by atoms with Gasteiger partial charge in [0.15, 0.2) is 0 Å². The van der Waals surface area contributed by atoms with E-state index in [-0.39, 0.29) is 0 Å². The van der Waals surface area contributed by atoms with E-state index in [1.165, 1.54) is 4.31 Å². The average Bonchev–Trinajstić information content (AvgIpc) is 2.96. The lowest BCUT2D eigenvalue weighted by atomic mass is 10.2. The van der Waals surface area contributed by atoms with Crippen LogP contribution in [0.5, 0.6) is 0 Å². The quantitative estimate of drug-likeness (QED) is 0.560. The van der Waals surface area contributed by atoms with Crippen LogP contribution in [0, 0.1) is 13.8 Å². The highest BCUT2D eigenvalue weighted by molar-refractivity contribution is 7.89. The van der Waals surface area contributed by atoms with Gasteiger partial charge in [-0.3, -0.25) is 0 Å². The van der Waals surface area contributed by atoms with Gasteiger partial charge in [-0.25, -0.2) is 8.42 Å². The lowest BCUT2D eigenvalue weighted by Gasteiger charge is -2.26. The molecule has 8 heteroatoms. The fraction of sp³-hybridized carbons (Fsp3) is 0.421. The molecule has 3 rings (SSSR count). The lowest BCUT2D eigenvalue weighted by Crippen LogP contribution is -2.40. The molecule has 0 aliphatic carbocycles. The van der Waals surface area contributed by atoms with Gasteiger partial charge >= 0.3 is 0 Å². The van der Waals surface area contributed by atoms with E-state index in [4.69, 9.17) is 9.57 Å². The molecule has 1 aromatic heterocycles. The normalized spacial score (nSPS) is 16.1. The Morgan fingerprint density at radius 3 is 2.67 bits per heavy atom. The van der Waals surface area contributed by atoms with Crippen LogP contribution in [0.25, 0.3) is 5.69 Å². The summed E-state index contributed by atoms with van der Waals surface area (Å²) in [6, 6.07) is 9.03. The van der Waals surface area contributed by atoms with Crippen molar-refractivity contribution in [1.29, 1.82) is 0 Å². The Balaban J connectivity index is 1.96. The fourth-order valence-electron chi connectivity index (χ4n) is 3.20. The summed E-state index contributed by atoms with van der Waals surface area (Å²) in [5.41, 5.74) is 3.70. The van der Waals surface area contributed by atoms with Gasteiger partial charge < -0.3 is 14.1 Å². The molecule has 0 spiro atoms. The number of nitrogens with zero attached hydrogens (tertiary/aromatic N) is 3. The van der Waals surface area contributed by atoms with Crippen molar-refractivity contribution in [3.05, 3.63) is 47.3 Å². The first-order valence-corrected chi connectivity index (χ1v) is 10.4. The van der Waals surface area contributed by atoms with Gasteiger partial charge in [-0.2, -0.15) is 4.31 Å². The van der Waals surface area contributed by atoms with Crippen LogP contribution in [0.2, 0.25) is 0 Å². The summed E-state index contributed by atoms with van der Waals surface area (Å²) in [5, 5.41) is 3.93. The SMILES string of the molecule is CCO/N=C/c1cc(C)n(-c2cccc(S(=O)(=O)N3CCOCC3)c2)c1C. The number of aryl methyl sites for hydroxylation is 1. The standard InChI is InChI=1S/C19H25N3O4S/c1-4-26-20-14-17-12-15(2)22(16(17)3)18-6-5-7-19(13-18)27(23,24)21-8-10-25-11-9-21/h5-7,12-14H,4,8-11H2,1-3H3/b20-14+. The zero-order valence-electron chi connectivity index (χ0n) is 15.9. The number of sulfonamides is 1. The molecule has 7 nitrogen and oxygen atoms in total. The molecule has 0 atom stereocenters. The smallest absolute Gasteiger partial charge is 0.243 e. The van der Waals surface area contributed by atoms with Gasteiger partial charge in [0, 0.05) is 35.7 Å². The third kappa shape index (κ3) is 4.07. The maximum atomic E-state index is 12.9. The summed E-state index contributed by atoms with van der Waals surface area (Å²) in [5.74, 6) is 0. The van der Waals surface area contributed by atoms with E-state index in [9.17, 15) is 8.42 Å². The Hall–Kier alpha value is -2.16. The third-order valence-corrected chi connectivity index (χ3v) is 6.44. The molecule has 1 aliphatic heterocycles. The Bertz CT molecular complexity index is 928. The molecule has 2 heterocycles. The van der Waals surface area contributed by atoms with Crippen LogP contribution in [0.1, 0.15) is 23.9 Å². The van der Waals surface area contributed by atoms with Gasteiger partial charge in [-0.05, 0) is 45.0 Å². The number of aromatic nitrogens is 1. The summed E-state index contributed by atoms with van der Waals surface area (Å²) >= 11 is 0. The van der Waals surface area contributed by atoms with Crippen LogP contribution in [-0.4, -0.2) is 56.4 Å². The van der Waals surface area contributed by atoms with Gasteiger partial charge in [-0.15, -0.1) is 0 Å². The van der Waals surface area contributed by atoms with Crippen LogP contribution in [0.15, 0.2) is 40.4 Å². The molecule has 0 amide bonds. The van der Waals surface area contributed by atoms with E-state index >= 15 is 0 Å². The summed E-state index contributed by atoms with van der Waals surface area (Å²) < 4.78 is 34.6. The highest BCUT2D eigenvalue weighted by Crippen LogP contribution is 2.24. The summed E-state index contributed by atoms with van der Waals surface area (Å²) in [6.07, 6.45) is 1.68. The first-order chi connectivity index (χ1) is 12.9. The molecule has 0 bridgehead atoms. The average molecular weight is 391 g/mol. The lowest BCUT2D eigenvalue weighted by molar-refractivity contribution is 0.0730. The maximum Gasteiger partial charge on any atom is 0.243 e. The number of rotatable bonds is 6. The molecule has 1 saturated heterocycles. The van der Waals surface area contributed by atoms with Gasteiger partial charge in [0.1, 0.15) is 6.61 Å². The van der Waals surface area contributed by atoms with E-state index < -0.39 is 10.0 Å². The van der Waals surface area contributed by atoms with E-state index in [2.05, 4.69) is 5.16 Å². The van der Waals surface area contributed by atoms with Crippen molar-refractivity contribution in [2.75, 3.05) is 32.9 Å². The molecule has 1 aromatic carbocycles. The molecule has 146 valence electrons. The third-order valence-electron chi connectivity index (χ3n) is 4.55. The van der Waals surface area contributed by atoms with Gasteiger partial charge in [0.05, 0.1) is 24.3 Å². The minimum Gasteiger partial charge on any atom is -0.396 e. The second-order valence-electron chi connectivity index (χ2n) is 6.33. The highest BCUT2D eigenvalue weighted by Gasteiger charge is 2.26. The van der Waals surface area contributed by atoms with Crippen LogP contribution in [0.4, 0.5) is 0 Å². The summed E-state index contributed by atoms with van der Waals surface area (Å²) in [4.78, 5) is 5.33. The van der Waals surface area contributed by atoms with Crippen molar-refractivity contribution in [2.45, 2.75) is 25.7 Å². The summed E-state index contributed by atoms with van der Waals surface area (Å²) in [7, 11) is -3.54. The van der Waals surface area contributed by atoms with Gasteiger partial charge in [0.25, 0.3) is 0 Å². The molecule has 2 aromatic rings. The largest absolute Gasteiger partial charge is 0.396 e. The molecule has 27 heavy (non-hydrogen) atoms. The maximum absolute atomic E-state index is 12.9. The topological polar surface area (TPSA) is 73.1 Å². The predicted octanol–water partition coefficient (Wildman–Crippen LogP) is 2.49. The van der Waals surface area contributed by atoms with Crippen molar-refractivity contribution >= 4 is 16.2 Å². The molecule has 1 aliphatic rings. The number of oxime groups is 1. The number of hydrogen-bond donors (Lipinski definition) is 0. The van der Waals surface area contributed by atoms with Crippen molar-refractivity contribution < 1.29 is 18.0 Å². The summed E-state index contributed by atoms with van der Waals surface area (Å²) in [6.45, 7) is 7.96. The van der Waals surface area contributed by atoms with Gasteiger partial charge in [0.2, 0.25) is 10.0 Å². The second-order valence-corrected chi connectivity index (χ2v) is 8.27.